The second-order valence-electron chi connectivity index (χ2n) is 12.2. The molecule has 4 atom stereocenters. The number of benzene rings is 4. The fourth-order valence-electron chi connectivity index (χ4n) is 6.62. The number of esters is 1. The zero-order chi connectivity index (χ0) is 31.1. The fourth-order valence-corrected chi connectivity index (χ4v) is 6.62. The largest absolute Gasteiger partial charge is 0.469 e. The first-order valence-corrected chi connectivity index (χ1v) is 15.8. The third-order valence-corrected chi connectivity index (χ3v) is 9.04. The summed E-state index contributed by atoms with van der Waals surface area (Å²) in [5.41, 5.74) is 5.82. The fraction of sp³-hybridized carbons (Fsp3) is 0.333. The molecule has 228 valence electrons. The van der Waals surface area contributed by atoms with Crippen LogP contribution in [-0.4, -0.2) is 29.9 Å². The van der Waals surface area contributed by atoms with Gasteiger partial charge in [0.2, 0.25) is 0 Å². The molecule has 3 unspecified atom stereocenters. The van der Waals surface area contributed by atoms with Crippen molar-refractivity contribution in [1.29, 1.82) is 0 Å². The van der Waals surface area contributed by atoms with Crippen molar-refractivity contribution in [3.8, 4) is 0 Å². The van der Waals surface area contributed by atoms with Gasteiger partial charge in [-0.3, -0.25) is 9.59 Å². The van der Waals surface area contributed by atoms with Gasteiger partial charge in [0.05, 0.1) is 13.0 Å². The smallest absolute Gasteiger partial charge is 0.308 e. The Labute approximate surface area is 261 Å². The van der Waals surface area contributed by atoms with Gasteiger partial charge in [0.15, 0.2) is 5.78 Å². The van der Waals surface area contributed by atoms with Gasteiger partial charge in [-0.25, -0.2) is 0 Å². The number of hydrogen-bond donors (Lipinski definition) is 2. The van der Waals surface area contributed by atoms with Gasteiger partial charge in [-0.15, -0.1) is 0 Å². The minimum atomic E-state index is -0.162. The van der Waals surface area contributed by atoms with Crippen molar-refractivity contribution in [2.24, 2.45) is 5.92 Å². The first kappa shape index (κ1) is 31.2. The zero-order valence-electron chi connectivity index (χ0n) is 26.3. The van der Waals surface area contributed by atoms with E-state index < -0.39 is 0 Å². The number of H-pyrrole nitrogens is 1. The Morgan fingerprint density at radius 1 is 0.886 bits per heavy atom. The summed E-state index contributed by atoms with van der Waals surface area (Å²) in [4.78, 5) is 26.1. The molecule has 1 aliphatic rings. The highest BCUT2D eigenvalue weighted by Crippen LogP contribution is 2.34. The number of ketones is 1. The molecule has 0 aliphatic heterocycles. The molecule has 0 amide bonds. The molecule has 5 aromatic rings. The maximum Gasteiger partial charge on any atom is 0.308 e. The molecule has 44 heavy (non-hydrogen) atoms. The molecule has 1 aromatic heterocycles. The van der Waals surface area contributed by atoms with E-state index in [0.717, 1.165) is 23.1 Å². The van der Waals surface area contributed by atoms with E-state index in [1.165, 1.54) is 53.7 Å². The number of aromatic nitrogens is 1. The van der Waals surface area contributed by atoms with Crippen molar-refractivity contribution in [2.75, 3.05) is 7.11 Å². The quantitative estimate of drug-likeness (QED) is 0.140. The molecular formula is C39H44N2O3. The van der Waals surface area contributed by atoms with Crippen molar-refractivity contribution in [3.63, 3.8) is 0 Å². The van der Waals surface area contributed by atoms with Crippen LogP contribution in [0.1, 0.15) is 85.5 Å². The number of methoxy groups -OCH3 is 1. The van der Waals surface area contributed by atoms with Gasteiger partial charge in [0.1, 0.15) is 0 Å². The van der Waals surface area contributed by atoms with Crippen molar-refractivity contribution in [2.45, 2.75) is 70.9 Å². The molecule has 2 N–H and O–H groups in total. The van der Waals surface area contributed by atoms with Crippen LogP contribution in [0.4, 0.5) is 0 Å². The topological polar surface area (TPSA) is 71.2 Å². The van der Waals surface area contributed by atoms with Crippen LogP contribution >= 0.6 is 0 Å². The van der Waals surface area contributed by atoms with Crippen LogP contribution in [0.3, 0.4) is 0 Å². The second-order valence-corrected chi connectivity index (χ2v) is 12.2. The summed E-state index contributed by atoms with van der Waals surface area (Å²) in [7, 11) is 1.42. The van der Waals surface area contributed by atoms with Gasteiger partial charge in [-0.2, -0.15) is 0 Å². The predicted molar refractivity (Wildman–Crippen MR) is 180 cm³/mol. The molecule has 6 rings (SSSR count). The average Bonchev–Trinajstić information content (AvgIpc) is 3.47. The lowest BCUT2D eigenvalue weighted by Gasteiger charge is -2.32. The van der Waals surface area contributed by atoms with E-state index in [1.807, 2.05) is 43.5 Å². The monoisotopic (exact) mass is 588 g/mol. The maximum atomic E-state index is 11.5. The van der Waals surface area contributed by atoms with E-state index in [9.17, 15) is 9.59 Å². The highest BCUT2D eigenvalue weighted by Gasteiger charge is 2.25. The van der Waals surface area contributed by atoms with Crippen molar-refractivity contribution >= 4 is 33.4 Å². The number of carbonyl (C=O) groups excluding carboxylic acids is 2. The van der Waals surface area contributed by atoms with Crippen LogP contribution in [0, 0.1) is 5.92 Å². The summed E-state index contributed by atoms with van der Waals surface area (Å²) in [5.74, 6) is 0.445. The lowest BCUT2D eigenvalue weighted by molar-refractivity contribution is -0.144. The van der Waals surface area contributed by atoms with Crippen LogP contribution < -0.4 is 5.32 Å². The van der Waals surface area contributed by atoms with E-state index in [-0.39, 0.29) is 17.7 Å². The molecule has 1 heterocycles. The normalized spacial score (nSPS) is 17.8. The molecule has 5 nitrogen and oxygen atoms in total. The minimum absolute atomic E-state index is 0.107. The number of aromatic amines is 1. The van der Waals surface area contributed by atoms with Gasteiger partial charge in [0.25, 0.3) is 0 Å². The molecule has 0 spiro atoms. The Balaban J connectivity index is 0.000000204. The molecule has 0 bridgehead atoms. The molecule has 0 radical (unpaired) electrons. The summed E-state index contributed by atoms with van der Waals surface area (Å²) in [5, 5.41) is 7.73. The lowest BCUT2D eigenvalue weighted by Crippen LogP contribution is -2.35. The number of Topliss-reactive ketones (excluding diaryl/α,β-unsaturated/α-hetero) is 1. The van der Waals surface area contributed by atoms with Gasteiger partial charge < -0.3 is 15.0 Å². The van der Waals surface area contributed by atoms with E-state index >= 15 is 0 Å². The number of carbonyl (C=O) groups is 2. The number of para-hydroxylation sites is 1. The minimum Gasteiger partial charge on any atom is -0.469 e. The third-order valence-electron chi connectivity index (χ3n) is 9.04. The van der Waals surface area contributed by atoms with Crippen molar-refractivity contribution in [1.82, 2.24) is 10.3 Å². The van der Waals surface area contributed by atoms with E-state index in [4.69, 9.17) is 4.74 Å². The number of rotatable bonds is 8. The lowest BCUT2D eigenvalue weighted by atomic mass is 9.80. The first-order chi connectivity index (χ1) is 21.3. The summed E-state index contributed by atoms with van der Waals surface area (Å²) in [6, 6.07) is 32.4. The molecular weight excluding hydrogens is 544 g/mol. The molecule has 1 fully saturated rings. The Morgan fingerprint density at radius 2 is 1.59 bits per heavy atom. The summed E-state index contributed by atoms with van der Waals surface area (Å²) in [6.45, 7) is 5.80. The number of hydrogen-bond acceptors (Lipinski definition) is 4. The second kappa shape index (κ2) is 14.5. The SMILES string of the molecule is CC(=O)c1ccc([C@H]2CCCC(NC(C)c3cccc4ccccc34)C2)cc1.COC(=O)C(C)Cc1c[nH]c2ccccc12. The van der Waals surface area contributed by atoms with E-state index in [1.54, 1.807) is 6.92 Å². The predicted octanol–water partition coefficient (Wildman–Crippen LogP) is 8.94. The Bertz CT molecular complexity index is 1700. The Kier molecular flexibility index (Phi) is 10.3. The molecule has 1 aliphatic carbocycles. The van der Waals surface area contributed by atoms with Crippen LogP contribution in [0.2, 0.25) is 0 Å². The molecule has 5 heteroatoms. The zero-order valence-corrected chi connectivity index (χ0v) is 26.3. The van der Waals surface area contributed by atoms with E-state index in [2.05, 4.69) is 77.9 Å². The molecule has 0 saturated heterocycles. The number of ether oxygens (including phenoxy) is 1. The highest BCUT2D eigenvalue weighted by molar-refractivity contribution is 5.94. The number of fused-ring (bicyclic) bond motifs is 2. The van der Waals surface area contributed by atoms with Crippen LogP contribution in [0.15, 0.2) is 97.2 Å². The van der Waals surface area contributed by atoms with Crippen molar-refractivity contribution < 1.29 is 14.3 Å². The van der Waals surface area contributed by atoms with Gasteiger partial charge in [-0.05, 0) is 79.0 Å². The third kappa shape index (κ3) is 7.46. The van der Waals surface area contributed by atoms with Crippen LogP contribution in [-0.2, 0) is 16.0 Å². The van der Waals surface area contributed by atoms with Crippen molar-refractivity contribution in [3.05, 3.63) is 119 Å². The van der Waals surface area contributed by atoms with Crippen LogP contribution in [0.25, 0.3) is 21.7 Å². The van der Waals surface area contributed by atoms with Gasteiger partial charge >= 0.3 is 5.97 Å². The highest BCUT2D eigenvalue weighted by atomic mass is 16.5. The summed E-state index contributed by atoms with van der Waals surface area (Å²) in [6.07, 6.45) is 7.55. The van der Waals surface area contributed by atoms with Gasteiger partial charge in [0, 0.05) is 34.7 Å². The average molecular weight is 589 g/mol. The standard InChI is InChI=1S/C26H29NO.C13H15NO2/c1-18(25-12-6-8-22-7-3-4-11-26(22)25)27-24-10-5-9-23(17-24)21-15-13-20(14-16-21)19(2)28;1-9(13(15)16-2)7-10-8-14-12-6-4-3-5-11(10)12/h3-4,6-8,11-16,18,23-24,27H,5,9-10,17H2,1-2H3;3-6,8-9,14H,7H2,1-2H3/t18?,23-,24?;/m0./s1. The molecule has 4 aromatic carbocycles. The Hall–Kier alpha value is -4.22. The molecule has 1 saturated carbocycles. The summed E-state index contributed by atoms with van der Waals surface area (Å²) >= 11 is 0. The Morgan fingerprint density at radius 3 is 2.34 bits per heavy atom. The first-order valence-electron chi connectivity index (χ1n) is 15.8. The van der Waals surface area contributed by atoms with Gasteiger partial charge in [-0.1, -0.05) is 98.3 Å². The maximum absolute atomic E-state index is 11.5. The van der Waals surface area contributed by atoms with Crippen LogP contribution in [0.5, 0.6) is 0 Å². The summed E-state index contributed by atoms with van der Waals surface area (Å²) < 4.78 is 4.72. The van der Waals surface area contributed by atoms with E-state index in [0.29, 0.717) is 24.4 Å². The number of nitrogens with one attached hydrogen (secondary N) is 2.